The number of hydrogen-bond acceptors (Lipinski definition) is 2. The molecule has 0 heterocycles. The summed E-state index contributed by atoms with van der Waals surface area (Å²) >= 11 is 11.8. The van der Waals surface area contributed by atoms with Crippen LogP contribution in [-0.2, 0) is 9.59 Å². The predicted octanol–water partition coefficient (Wildman–Crippen LogP) is 4.11. The van der Waals surface area contributed by atoms with Crippen LogP contribution in [-0.4, -0.2) is 29.3 Å². The Morgan fingerprint density at radius 2 is 1.95 bits per heavy atom. The van der Waals surface area contributed by atoms with Gasteiger partial charge in [-0.2, -0.15) is 0 Å². The number of benzene rings is 1. The van der Waals surface area contributed by atoms with E-state index >= 15 is 0 Å². The molecule has 2 amide bonds. The summed E-state index contributed by atoms with van der Waals surface area (Å²) in [7, 11) is 0. The minimum absolute atomic E-state index is 0.0317. The summed E-state index contributed by atoms with van der Waals surface area (Å²) < 4.78 is 0. The Balaban J connectivity index is 1.89. The maximum atomic E-state index is 12.1. The summed E-state index contributed by atoms with van der Waals surface area (Å²) in [4.78, 5) is 25.6. The van der Waals surface area contributed by atoms with Crippen LogP contribution >= 0.6 is 23.2 Å². The first-order valence-corrected chi connectivity index (χ1v) is 8.25. The summed E-state index contributed by atoms with van der Waals surface area (Å²) in [6.45, 7) is 2.00. The number of carbonyl (C=O) groups excluding carboxylic acids is 2. The maximum absolute atomic E-state index is 12.1. The molecule has 0 aromatic heterocycles. The standard InChI is InChI=1S/C16H20Cl2N2O2/c1-11(21)20(13-4-2-3-5-13)9-8-16(22)19-15-7-6-12(17)10-14(15)18/h6-7,10,13H,2-5,8-9H2,1H3,(H,19,22). The van der Waals surface area contributed by atoms with E-state index in [4.69, 9.17) is 23.2 Å². The van der Waals surface area contributed by atoms with Gasteiger partial charge in [0.25, 0.3) is 0 Å². The van der Waals surface area contributed by atoms with Gasteiger partial charge < -0.3 is 10.2 Å². The van der Waals surface area contributed by atoms with Crippen molar-refractivity contribution in [3.05, 3.63) is 28.2 Å². The molecule has 0 radical (unpaired) electrons. The first kappa shape index (κ1) is 17.1. The van der Waals surface area contributed by atoms with Crippen molar-refractivity contribution in [3.63, 3.8) is 0 Å². The van der Waals surface area contributed by atoms with Gasteiger partial charge in [-0.1, -0.05) is 36.0 Å². The summed E-state index contributed by atoms with van der Waals surface area (Å²) in [5.74, 6) is -0.127. The van der Waals surface area contributed by atoms with Crippen molar-refractivity contribution in [2.45, 2.75) is 45.1 Å². The molecule has 1 aliphatic rings. The highest BCUT2D eigenvalue weighted by Gasteiger charge is 2.24. The molecule has 2 rings (SSSR count). The van der Waals surface area contributed by atoms with Crippen LogP contribution in [0.15, 0.2) is 18.2 Å². The number of anilines is 1. The second-order valence-corrected chi connectivity index (χ2v) is 6.42. The van der Waals surface area contributed by atoms with Crippen LogP contribution in [0.2, 0.25) is 10.0 Å². The Morgan fingerprint density at radius 1 is 1.27 bits per heavy atom. The summed E-state index contributed by atoms with van der Waals surface area (Å²) in [5, 5.41) is 3.68. The van der Waals surface area contributed by atoms with Crippen LogP contribution in [0, 0.1) is 0 Å². The summed E-state index contributed by atoms with van der Waals surface area (Å²) in [5.41, 5.74) is 0.534. The molecule has 1 N–H and O–H groups in total. The monoisotopic (exact) mass is 342 g/mol. The molecule has 4 nitrogen and oxygen atoms in total. The molecule has 0 spiro atoms. The zero-order valence-corrected chi connectivity index (χ0v) is 14.1. The van der Waals surface area contributed by atoms with Gasteiger partial charge in [-0.05, 0) is 31.0 Å². The number of nitrogens with zero attached hydrogens (tertiary/aromatic N) is 1. The number of nitrogens with one attached hydrogen (secondary N) is 1. The van der Waals surface area contributed by atoms with Gasteiger partial charge in [-0.25, -0.2) is 0 Å². The molecule has 0 saturated heterocycles. The van der Waals surface area contributed by atoms with E-state index in [0.29, 0.717) is 22.3 Å². The van der Waals surface area contributed by atoms with Gasteiger partial charge in [0.2, 0.25) is 11.8 Å². The molecule has 120 valence electrons. The van der Waals surface area contributed by atoms with Crippen molar-refractivity contribution in [1.29, 1.82) is 0 Å². The topological polar surface area (TPSA) is 49.4 Å². The lowest BCUT2D eigenvalue weighted by atomic mass is 10.2. The highest BCUT2D eigenvalue weighted by atomic mass is 35.5. The van der Waals surface area contributed by atoms with Gasteiger partial charge in [0.05, 0.1) is 10.7 Å². The summed E-state index contributed by atoms with van der Waals surface area (Å²) in [6, 6.07) is 5.20. The molecule has 0 unspecified atom stereocenters. The van der Waals surface area contributed by atoms with Crippen LogP contribution in [0.5, 0.6) is 0 Å². The van der Waals surface area contributed by atoms with Gasteiger partial charge in [-0.15, -0.1) is 0 Å². The van der Waals surface area contributed by atoms with E-state index < -0.39 is 0 Å². The second kappa shape index (κ2) is 7.84. The first-order valence-electron chi connectivity index (χ1n) is 7.49. The molecule has 1 aromatic carbocycles. The van der Waals surface area contributed by atoms with E-state index in [1.165, 1.54) is 0 Å². The van der Waals surface area contributed by atoms with Gasteiger partial charge in [0.15, 0.2) is 0 Å². The zero-order valence-electron chi connectivity index (χ0n) is 12.6. The highest BCUT2D eigenvalue weighted by molar-refractivity contribution is 6.36. The molecule has 0 atom stereocenters. The van der Waals surface area contributed by atoms with Crippen LogP contribution < -0.4 is 5.32 Å². The van der Waals surface area contributed by atoms with Crippen LogP contribution in [0.1, 0.15) is 39.0 Å². The third kappa shape index (κ3) is 4.62. The van der Waals surface area contributed by atoms with Gasteiger partial charge in [0, 0.05) is 31.0 Å². The van der Waals surface area contributed by atoms with Crippen LogP contribution in [0.4, 0.5) is 5.69 Å². The van der Waals surface area contributed by atoms with E-state index in [9.17, 15) is 9.59 Å². The summed E-state index contributed by atoms with van der Waals surface area (Å²) in [6.07, 6.45) is 4.63. The fourth-order valence-corrected chi connectivity index (χ4v) is 3.29. The van der Waals surface area contributed by atoms with Crippen molar-refractivity contribution < 1.29 is 9.59 Å². The number of amides is 2. The largest absolute Gasteiger partial charge is 0.339 e. The Hall–Kier alpha value is -1.26. The molecule has 1 aliphatic carbocycles. The third-order valence-electron chi connectivity index (χ3n) is 3.95. The molecule has 0 bridgehead atoms. The Bertz CT molecular complexity index is 557. The minimum Gasteiger partial charge on any atom is -0.339 e. The number of halogens is 2. The van der Waals surface area contributed by atoms with E-state index in [-0.39, 0.29) is 24.3 Å². The lowest BCUT2D eigenvalue weighted by Crippen LogP contribution is -2.39. The van der Waals surface area contributed by atoms with E-state index in [2.05, 4.69) is 5.32 Å². The van der Waals surface area contributed by atoms with Gasteiger partial charge in [-0.3, -0.25) is 9.59 Å². The molecular weight excluding hydrogens is 323 g/mol. The Morgan fingerprint density at radius 3 is 2.55 bits per heavy atom. The van der Waals surface area contributed by atoms with E-state index in [0.717, 1.165) is 25.7 Å². The lowest BCUT2D eigenvalue weighted by Gasteiger charge is -2.27. The second-order valence-electron chi connectivity index (χ2n) is 5.57. The number of hydrogen-bond donors (Lipinski definition) is 1. The Labute approximate surface area is 140 Å². The Kier molecular flexibility index (Phi) is 6.09. The maximum Gasteiger partial charge on any atom is 0.226 e. The van der Waals surface area contributed by atoms with Crippen molar-refractivity contribution in [1.82, 2.24) is 4.90 Å². The molecule has 1 saturated carbocycles. The predicted molar refractivity (Wildman–Crippen MR) is 89.4 cm³/mol. The van der Waals surface area contributed by atoms with Crippen LogP contribution in [0.25, 0.3) is 0 Å². The average Bonchev–Trinajstić information content (AvgIpc) is 2.96. The zero-order chi connectivity index (χ0) is 16.1. The van der Waals surface area contributed by atoms with Gasteiger partial charge >= 0.3 is 0 Å². The van der Waals surface area contributed by atoms with Crippen LogP contribution in [0.3, 0.4) is 0 Å². The molecule has 1 fully saturated rings. The molecule has 22 heavy (non-hydrogen) atoms. The smallest absolute Gasteiger partial charge is 0.226 e. The molecule has 0 aliphatic heterocycles. The number of rotatable bonds is 5. The highest BCUT2D eigenvalue weighted by Crippen LogP contribution is 2.26. The quantitative estimate of drug-likeness (QED) is 0.875. The van der Waals surface area contributed by atoms with E-state index in [1.807, 2.05) is 4.90 Å². The van der Waals surface area contributed by atoms with E-state index in [1.54, 1.807) is 25.1 Å². The minimum atomic E-state index is -0.159. The van der Waals surface area contributed by atoms with Crippen molar-refractivity contribution >= 4 is 40.7 Å². The first-order chi connectivity index (χ1) is 10.5. The molecule has 1 aromatic rings. The van der Waals surface area contributed by atoms with Crippen molar-refractivity contribution in [2.75, 3.05) is 11.9 Å². The van der Waals surface area contributed by atoms with Crippen molar-refractivity contribution in [3.8, 4) is 0 Å². The third-order valence-corrected chi connectivity index (χ3v) is 4.50. The SMILES string of the molecule is CC(=O)N(CCC(=O)Nc1ccc(Cl)cc1Cl)C1CCCC1. The normalized spacial score (nSPS) is 14.9. The molecule has 6 heteroatoms. The lowest BCUT2D eigenvalue weighted by molar-refractivity contribution is -0.131. The number of carbonyl (C=O) groups is 2. The van der Waals surface area contributed by atoms with Gasteiger partial charge in [0.1, 0.15) is 0 Å². The fourth-order valence-electron chi connectivity index (χ4n) is 2.84. The molecular formula is C16H20Cl2N2O2. The van der Waals surface area contributed by atoms with Crippen molar-refractivity contribution in [2.24, 2.45) is 0 Å². The average molecular weight is 343 g/mol. The fraction of sp³-hybridized carbons (Fsp3) is 0.500.